The van der Waals surface area contributed by atoms with E-state index in [4.69, 9.17) is 4.74 Å². The summed E-state index contributed by atoms with van der Waals surface area (Å²) in [5, 5.41) is 9.64. The first-order chi connectivity index (χ1) is 9.19. The normalized spacial score (nSPS) is 12.5. The number of ether oxygens (including phenoxy) is 1. The van der Waals surface area contributed by atoms with E-state index < -0.39 is 0 Å². The number of halogens is 1. The third kappa shape index (κ3) is 4.91. The molecule has 0 spiro atoms. The van der Waals surface area contributed by atoms with Gasteiger partial charge in [-0.25, -0.2) is 9.37 Å². The van der Waals surface area contributed by atoms with Crippen LogP contribution in [-0.4, -0.2) is 21.7 Å². The van der Waals surface area contributed by atoms with Gasteiger partial charge in [-0.3, -0.25) is 0 Å². The fourth-order valence-electron chi connectivity index (χ4n) is 1.25. The van der Waals surface area contributed by atoms with Crippen LogP contribution < -0.4 is 4.74 Å². The van der Waals surface area contributed by atoms with Crippen LogP contribution in [0, 0.1) is 6.92 Å². The van der Waals surface area contributed by atoms with Crippen LogP contribution in [0.2, 0.25) is 0 Å². The van der Waals surface area contributed by atoms with E-state index in [0.29, 0.717) is 17.6 Å². The number of hydrogen-bond donors (Lipinski definition) is 1. The van der Waals surface area contributed by atoms with E-state index in [1.54, 1.807) is 13.0 Å². The number of aromatic nitrogens is 2. The monoisotopic (exact) mass is 264 g/mol. The first kappa shape index (κ1) is 14.9. The summed E-state index contributed by atoms with van der Waals surface area (Å²) in [5.74, 6) is -0.0766. The minimum absolute atomic E-state index is 0.00709. The Bertz CT molecular complexity index is 496. The molecule has 0 aromatic carbocycles. The standard InChI is InChI=1S/C14H17FN2O2/c1-3-4-5-6-7-12(8-15)9-19-14-13(18)11(2)16-10-17-14/h3-4,6-8,10,18H,5,9H2,1-2H3/b4-3-,7-6-,12-8-. The van der Waals surface area contributed by atoms with Gasteiger partial charge in [0.1, 0.15) is 12.9 Å². The zero-order chi connectivity index (χ0) is 14.1. The molecule has 0 unspecified atom stereocenters. The van der Waals surface area contributed by atoms with Gasteiger partial charge >= 0.3 is 0 Å². The van der Waals surface area contributed by atoms with E-state index in [9.17, 15) is 9.50 Å². The number of hydrogen-bond acceptors (Lipinski definition) is 4. The predicted octanol–water partition coefficient (Wildman–Crippen LogP) is 3.25. The van der Waals surface area contributed by atoms with Crippen molar-refractivity contribution in [2.24, 2.45) is 0 Å². The molecule has 1 rings (SSSR count). The summed E-state index contributed by atoms with van der Waals surface area (Å²) in [6.07, 6.45) is 9.80. The Labute approximate surface area is 112 Å². The fraction of sp³-hybridized carbons (Fsp3) is 0.286. The quantitative estimate of drug-likeness (QED) is 0.633. The summed E-state index contributed by atoms with van der Waals surface area (Å²) < 4.78 is 17.9. The van der Waals surface area contributed by atoms with Crippen molar-refractivity contribution in [2.45, 2.75) is 20.3 Å². The fourth-order valence-corrected chi connectivity index (χ4v) is 1.25. The molecule has 0 saturated carbocycles. The number of allylic oxidation sites excluding steroid dienone is 3. The average molecular weight is 264 g/mol. The molecule has 0 saturated heterocycles. The Balaban J connectivity index is 2.59. The summed E-state index contributed by atoms with van der Waals surface area (Å²) in [6.45, 7) is 3.54. The molecular weight excluding hydrogens is 247 g/mol. The van der Waals surface area contributed by atoms with Crippen LogP contribution in [0.15, 0.2) is 42.5 Å². The van der Waals surface area contributed by atoms with Crippen LogP contribution in [0.25, 0.3) is 0 Å². The van der Waals surface area contributed by atoms with E-state index in [0.717, 1.165) is 6.42 Å². The third-order valence-corrected chi connectivity index (χ3v) is 2.33. The summed E-state index contributed by atoms with van der Waals surface area (Å²) >= 11 is 0. The SMILES string of the molecule is C/C=C\C/C=C\C(=C\F)COc1ncnc(C)c1O. The van der Waals surface area contributed by atoms with Crippen LogP contribution in [-0.2, 0) is 0 Å². The summed E-state index contributed by atoms with van der Waals surface area (Å²) in [5.41, 5.74) is 0.777. The Morgan fingerprint density at radius 2 is 2.21 bits per heavy atom. The summed E-state index contributed by atoms with van der Waals surface area (Å²) in [7, 11) is 0. The molecule has 0 fully saturated rings. The zero-order valence-corrected chi connectivity index (χ0v) is 11.0. The maximum atomic E-state index is 12.6. The lowest BCUT2D eigenvalue weighted by Gasteiger charge is -2.07. The lowest BCUT2D eigenvalue weighted by atomic mass is 10.2. The van der Waals surface area contributed by atoms with Crippen molar-refractivity contribution in [3.8, 4) is 11.6 Å². The maximum Gasteiger partial charge on any atom is 0.260 e. The molecule has 1 N–H and O–H groups in total. The minimum atomic E-state index is -0.126. The number of aryl methyl sites for hydroxylation is 1. The van der Waals surface area contributed by atoms with Crippen molar-refractivity contribution in [1.82, 2.24) is 9.97 Å². The molecule has 4 nitrogen and oxygen atoms in total. The van der Waals surface area contributed by atoms with Crippen LogP contribution in [0.3, 0.4) is 0 Å². The Hall–Kier alpha value is -2.17. The molecule has 1 aromatic heterocycles. The molecule has 1 heterocycles. The van der Waals surface area contributed by atoms with Crippen molar-refractivity contribution in [2.75, 3.05) is 6.61 Å². The lowest BCUT2D eigenvalue weighted by Crippen LogP contribution is -2.02. The molecule has 0 atom stereocenters. The molecule has 0 aliphatic heterocycles. The molecule has 5 heteroatoms. The first-order valence-corrected chi connectivity index (χ1v) is 5.89. The van der Waals surface area contributed by atoms with Gasteiger partial charge in [-0.1, -0.05) is 24.3 Å². The smallest absolute Gasteiger partial charge is 0.260 e. The van der Waals surface area contributed by atoms with Crippen molar-refractivity contribution >= 4 is 0 Å². The average Bonchev–Trinajstić information content (AvgIpc) is 2.42. The Morgan fingerprint density at radius 3 is 2.89 bits per heavy atom. The maximum absolute atomic E-state index is 12.6. The van der Waals surface area contributed by atoms with E-state index >= 15 is 0 Å². The zero-order valence-electron chi connectivity index (χ0n) is 11.0. The van der Waals surface area contributed by atoms with Crippen LogP contribution in [0.1, 0.15) is 19.0 Å². The van der Waals surface area contributed by atoms with Gasteiger partial charge in [0, 0.05) is 5.57 Å². The van der Waals surface area contributed by atoms with E-state index in [1.165, 1.54) is 6.33 Å². The second-order valence-corrected chi connectivity index (χ2v) is 3.79. The van der Waals surface area contributed by atoms with Crippen molar-refractivity contribution in [3.63, 3.8) is 0 Å². The highest BCUT2D eigenvalue weighted by Gasteiger charge is 2.07. The van der Waals surface area contributed by atoms with Crippen molar-refractivity contribution in [1.29, 1.82) is 0 Å². The molecule has 102 valence electrons. The molecular formula is C14H17FN2O2. The Kier molecular flexibility index (Phi) is 6.29. The summed E-state index contributed by atoms with van der Waals surface area (Å²) in [4.78, 5) is 7.59. The highest BCUT2D eigenvalue weighted by atomic mass is 19.1. The lowest BCUT2D eigenvalue weighted by molar-refractivity contribution is 0.312. The van der Waals surface area contributed by atoms with E-state index in [2.05, 4.69) is 9.97 Å². The topological polar surface area (TPSA) is 55.2 Å². The summed E-state index contributed by atoms with van der Waals surface area (Å²) in [6, 6.07) is 0. The van der Waals surface area contributed by atoms with E-state index in [-0.39, 0.29) is 18.2 Å². The second kappa shape index (κ2) is 8.02. The van der Waals surface area contributed by atoms with Gasteiger partial charge in [0.25, 0.3) is 5.88 Å². The van der Waals surface area contributed by atoms with E-state index in [1.807, 2.05) is 25.2 Å². The number of aromatic hydroxyl groups is 1. The number of nitrogens with zero attached hydrogens (tertiary/aromatic N) is 2. The van der Waals surface area contributed by atoms with Crippen LogP contribution in [0.4, 0.5) is 4.39 Å². The van der Waals surface area contributed by atoms with Crippen LogP contribution in [0.5, 0.6) is 11.6 Å². The van der Waals surface area contributed by atoms with Gasteiger partial charge in [0.2, 0.25) is 0 Å². The minimum Gasteiger partial charge on any atom is -0.502 e. The second-order valence-electron chi connectivity index (χ2n) is 3.79. The predicted molar refractivity (Wildman–Crippen MR) is 71.7 cm³/mol. The Morgan fingerprint density at radius 1 is 1.42 bits per heavy atom. The van der Waals surface area contributed by atoms with Crippen molar-refractivity contribution in [3.05, 3.63) is 48.2 Å². The van der Waals surface area contributed by atoms with Gasteiger partial charge in [0.15, 0.2) is 5.75 Å². The molecule has 0 aliphatic rings. The molecule has 0 radical (unpaired) electrons. The molecule has 19 heavy (non-hydrogen) atoms. The molecule has 0 aliphatic carbocycles. The molecule has 0 amide bonds. The van der Waals surface area contributed by atoms with Gasteiger partial charge in [-0.15, -0.1) is 0 Å². The largest absolute Gasteiger partial charge is 0.502 e. The number of rotatable bonds is 6. The van der Waals surface area contributed by atoms with Gasteiger partial charge < -0.3 is 9.84 Å². The van der Waals surface area contributed by atoms with Gasteiger partial charge in [-0.05, 0) is 20.3 Å². The first-order valence-electron chi connectivity index (χ1n) is 5.89. The van der Waals surface area contributed by atoms with Gasteiger partial charge in [-0.2, -0.15) is 4.98 Å². The highest BCUT2D eigenvalue weighted by Crippen LogP contribution is 2.24. The molecule has 0 bridgehead atoms. The van der Waals surface area contributed by atoms with Gasteiger partial charge in [0.05, 0.1) is 12.0 Å². The third-order valence-electron chi connectivity index (χ3n) is 2.33. The van der Waals surface area contributed by atoms with Crippen LogP contribution >= 0.6 is 0 Å². The van der Waals surface area contributed by atoms with Crippen molar-refractivity contribution < 1.29 is 14.2 Å². The molecule has 1 aromatic rings. The highest BCUT2D eigenvalue weighted by molar-refractivity contribution is 5.35.